The first kappa shape index (κ1) is 20.1. The highest BCUT2D eigenvalue weighted by molar-refractivity contribution is 5.87. The number of hydrogen-bond acceptors (Lipinski definition) is 7. The Labute approximate surface area is 173 Å². The fourth-order valence-corrected chi connectivity index (χ4v) is 3.70. The van der Waals surface area contributed by atoms with Crippen LogP contribution >= 0.6 is 0 Å². The predicted octanol–water partition coefficient (Wildman–Crippen LogP) is 2.44. The Morgan fingerprint density at radius 2 is 1.90 bits per heavy atom. The molecule has 0 aliphatic carbocycles. The minimum absolute atomic E-state index is 0.0745. The summed E-state index contributed by atoms with van der Waals surface area (Å²) in [6.45, 7) is 0. The number of carbonyl (C=O) groups is 2. The molecule has 0 unspecified atom stereocenters. The average Bonchev–Trinajstić information content (AvgIpc) is 3.28. The summed E-state index contributed by atoms with van der Waals surface area (Å²) in [5.41, 5.74) is 1.49. The van der Waals surface area contributed by atoms with Crippen LogP contribution in [0.15, 0.2) is 60.7 Å². The molecule has 2 heterocycles. The summed E-state index contributed by atoms with van der Waals surface area (Å²) in [4.78, 5) is 24.0. The second-order valence-corrected chi connectivity index (χ2v) is 7.16. The first-order valence-electron chi connectivity index (χ1n) is 9.66. The second kappa shape index (κ2) is 8.69. The zero-order chi connectivity index (χ0) is 21.1. The Balaban J connectivity index is 1.50. The van der Waals surface area contributed by atoms with E-state index in [1.54, 1.807) is 37.5 Å². The van der Waals surface area contributed by atoms with Crippen LogP contribution in [0, 0.1) is 0 Å². The second-order valence-electron chi connectivity index (χ2n) is 7.16. The standard InChI is InChI=1S/C23H22O7/c1-27-16-10-7-14(8-11-16)9-12-18(24)29-21(15-5-3-2-4-6-15)23-20(26)22-17(28-23)13-19(25)30-22/h2-12,17,20-23,26H,13H2,1H3/b12-9+/t17-,20-,21-,22+,23+/m1/s1. The molecule has 0 bridgehead atoms. The maximum Gasteiger partial charge on any atom is 0.331 e. The van der Waals surface area contributed by atoms with Crippen LogP contribution in [0.4, 0.5) is 0 Å². The monoisotopic (exact) mass is 410 g/mol. The molecule has 2 saturated heterocycles. The molecule has 7 nitrogen and oxygen atoms in total. The molecule has 0 amide bonds. The van der Waals surface area contributed by atoms with E-state index in [0.717, 1.165) is 11.3 Å². The molecule has 0 aromatic heterocycles. The first-order chi connectivity index (χ1) is 14.5. The normalized spacial score (nSPS) is 26.3. The summed E-state index contributed by atoms with van der Waals surface area (Å²) >= 11 is 0. The molecule has 5 atom stereocenters. The van der Waals surface area contributed by atoms with Gasteiger partial charge in [0.05, 0.1) is 13.5 Å². The molecule has 2 aliphatic rings. The summed E-state index contributed by atoms with van der Waals surface area (Å²) in [6, 6.07) is 16.3. The SMILES string of the molecule is COc1ccc(/C=C/C(=O)O[C@H](c2ccccc2)[C@H]2O[C@@H]3CC(=O)O[C@@H]3[C@H]2O)cc1. The van der Waals surface area contributed by atoms with E-state index in [4.69, 9.17) is 18.9 Å². The predicted molar refractivity (Wildman–Crippen MR) is 106 cm³/mol. The number of esters is 2. The van der Waals surface area contributed by atoms with E-state index in [2.05, 4.69) is 0 Å². The van der Waals surface area contributed by atoms with Crippen molar-refractivity contribution < 1.29 is 33.6 Å². The van der Waals surface area contributed by atoms with E-state index < -0.39 is 42.5 Å². The summed E-state index contributed by atoms with van der Waals surface area (Å²) < 4.78 is 21.8. The van der Waals surface area contributed by atoms with Gasteiger partial charge in [0.1, 0.15) is 24.1 Å². The molecule has 156 valence electrons. The van der Waals surface area contributed by atoms with Crippen molar-refractivity contribution in [1.82, 2.24) is 0 Å². The lowest BCUT2D eigenvalue weighted by Gasteiger charge is -2.26. The first-order valence-corrected chi connectivity index (χ1v) is 9.66. The van der Waals surface area contributed by atoms with E-state index in [1.165, 1.54) is 6.08 Å². The molecule has 4 rings (SSSR count). The minimum Gasteiger partial charge on any atom is -0.497 e. The molecule has 0 spiro atoms. The maximum atomic E-state index is 12.5. The lowest BCUT2D eigenvalue weighted by molar-refractivity contribution is -0.159. The van der Waals surface area contributed by atoms with Crippen molar-refractivity contribution in [3.8, 4) is 5.75 Å². The van der Waals surface area contributed by atoms with Gasteiger partial charge in [-0.3, -0.25) is 4.79 Å². The zero-order valence-corrected chi connectivity index (χ0v) is 16.3. The van der Waals surface area contributed by atoms with Gasteiger partial charge in [0.15, 0.2) is 12.2 Å². The van der Waals surface area contributed by atoms with Crippen LogP contribution in [-0.4, -0.2) is 48.6 Å². The van der Waals surface area contributed by atoms with Crippen LogP contribution in [0.2, 0.25) is 0 Å². The van der Waals surface area contributed by atoms with Gasteiger partial charge in [0, 0.05) is 6.08 Å². The number of carbonyl (C=O) groups excluding carboxylic acids is 2. The van der Waals surface area contributed by atoms with Gasteiger partial charge in [-0.1, -0.05) is 42.5 Å². The molecular formula is C23H22O7. The van der Waals surface area contributed by atoms with Crippen LogP contribution in [0.3, 0.4) is 0 Å². The molecule has 7 heteroatoms. The molecule has 2 aliphatic heterocycles. The van der Waals surface area contributed by atoms with Crippen molar-refractivity contribution in [2.24, 2.45) is 0 Å². The highest BCUT2D eigenvalue weighted by atomic mass is 16.6. The quantitative estimate of drug-likeness (QED) is 0.578. The van der Waals surface area contributed by atoms with E-state index in [0.29, 0.717) is 5.56 Å². The van der Waals surface area contributed by atoms with Gasteiger partial charge in [-0.05, 0) is 29.3 Å². The van der Waals surface area contributed by atoms with E-state index in [9.17, 15) is 14.7 Å². The van der Waals surface area contributed by atoms with Crippen molar-refractivity contribution >= 4 is 18.0 Å². The molecule has 2 aromatic rings. The van der Waals surface area contributed by atoms with Crippen molar-refractivity contribution in [2.45, 2.75) is 36.9 Å². The van der Waals surface area contributed by atoms with Gasteiger partial charge >= 0.3 is 11.9 Å². The molecular weight excluding hydrogens is 388 g/mol. The Morgan fingerprint density at radius 3 is 2.57 bits per heavy atom. The van der Waals surface area contributed by atoms with Crippen LogP contribution < -0.4 is 4.74 Å². The van der Waals surface area contributed by atoms with Gasteiger partial charge in [-0.2, -0.15) is 0 Å². The summed E-state index contributed by atoms with van der Waals surface area (Å²) in [6.07, 6.45) is -1.05. The fourth-order valence-electron chi connectivity index (χ4n) is 3.70. The lowest BCUT2D eigenvalue weighted by Crippen LogP contribution is -2.37. The van der Waals surface area contributed by atoms with Crippen LogP contribution in [0.5, 0.6) is 5.75 Å². The third-order valence-corrected chi connectivity index (χ3v) is 5.20. The van der Waals surface area contributed by atoms with Crippen molar-refractivity contribution in [3.63, 3.8) is 0 Å². The van der Waals surface area contributed by atoms with Gasteiger partial charge in [-0.25, -0.2) is 4.79 Å². The molecule has 2 fully saturated rings. The highest BCUT2D eigenvalue weighted by Crippen LogP contribution is 2.38. The number of ether oxygens (including phenoxy) is 4. The Hall–Kier alpha value is -3.16. The Kier molecular flexibility index (Phi) is 5.83. The summed E-state index contributed by atoms with van der Waals surface area (Å²) in [5, 5.41) is 10.7. The molecule has 30 heavy (non-hydrogen) atoms. The topological polar surface area (TPSA) is 91.3 Å². The van der Waals surface area contributed by atoms with Gasteiger partial charge < -0.3 is 24.1 Å². The number of aliphatic hydroxyl groups excluding tert-OH is 1. The summed E-state index contributed by atoms with van der Waals surface area (Å²) in [5.74, 6) is -0.264. The van der Waals surface area contributed by atoms with Gasteiger partial charge in [-0.15, -0.1) is 0 Å². The Bertz CT molecular complexity index is 922. The largest absolute Gasteiger partial charge is 0.497 e. The van der Waals surface area contributed by atoms with Gasteiger partial charge in [0.2, 0.25) is 0 Å². The number of fused-ring (bicyclic) bond motifs is 1. The summed E-state index contributed by atoms with van der Waals surface area (Å²) in [7, 11) is 1.58. The van der Waals surface area contributed by atoms with Crippen molar-refractivity contribution in [1.29, 1.82) is 0 Å². The van der Waals surface area contributed by atoms with Crippen LogP contribution in [-0.2, 0) is 23.8 Å². The smallest absolute Gasteiger partial charge is 0.331 e. The van der Waals surface area contributed by atoms with E-state index in [1.807, 2.05) is 30.3 Å². The highest BCUT2D eigenvalue weighted by Gasteiger charge is 2.54. The van der Waals surface area contributed by atoms with Crippen molar-refractivity contribution in [2.75, 3.05) is 7.11 Å². The zero-order valence-electron chi connectivity index (χ0n) is 16.3. The average molecular weight is 410 g/mol. The lowest BCUT2D eigenvalue weighted by atomic mass is 9.98. The molecule has 0 saturated carbocycles. The molecule has 1 N–H and O–H groups in total. The van der Waals surface area contributed by atoms with Crippen LogP contribution in [0.1, 0.15) is 23.7 Å². The number of aliphatic hydroxyl groups is 1. The number of hydrogen-bond donors (Lipinski definition) is 1. The third-order valence-electron chi connectivity index (χ3n) is 5.20. The Morgan fingerprint density at radius 1 is 1.17 bits per heavy atom. The maximum absolute atomic E-state index is 12.5. The minimum atomic E-state index is -1.09. The number of methoxy groups -OCH3 is 1. The number of rotatable bonds is 6. The fraction of sp³-hybridized carbons (Fsp3) is 0.304. The van der Waals surface area contributed by atoms with Crippen LogP contribution in [0.25, 0.3) is 6.08 Å². The van der Waals surface area contributed by atoms with E-state index in [-0.39, 0.29) is 6.42 Å². The van der Waals surface area contributed by atoms with Gasteiger partial charge in [0.25, 0.3) is 0 Å². The number of benzene rings is 2. The molecule has 0 radical (unpaired) electrons. The van der Waals surface area contributed by atoms with E-state index >= 15 is 0 Å². The third kappa shape index (κ3) is 4.22. The molecule has 2 aromatic carbocycles. The van der Waals surface area contributed by atoms with Crippen molar-refractivity contribution in [3.05, 3.63) is 71.8 Å².